The number of rotatable bonds is 8. The van der Waals surface area contributed by atoms with E-state index in [9.17, 15) is 9.59 Å². The fourth-order valence-corrected chi connectivity index (χ4v) is 2.77. The third kappa shape index (κ3) is 5.95. The van der Waals surface area contributed by atoms with E-state index in [1.807, 2.05) is 6.92 Å². The first-order valence-corrected chi connectivity index (χ1v) is 7.82. The van der Waals surface area contributed by atoms with E-state index in [1.54, 1.807) is 0 Å². The number of nitrogens with one attached hydrogen (secondary N) is 3. The lowest BCUT2D eigenvalue weighted by atomic mass is 10.0. The van der Waals surface area contributed by atoms with Gasteiger partial charge in [-0.05, 0) is 19.8 Å². The van der Waals surface area contributed by atoms with Crippen molar-refractivity contribution in [2.24, 2.45) is 0 Å². The summed E-state index contributed by atoms with van der Waals surface area (Å²) < 4.78 is 0. The summed E-state index contributed by atoms with van der Waals surface area (Å²) in [5.41, 5.74) is 0. The molecule has 3 atom stereocenters. The van der Waals surface area contributed by atoms with Crippen LogP contribution in [-0.4, -0.2) is 41.6 Å². The van der Waals surface area contributed by atoms with Crippen molar-refractivity contribution < 1.29 is 9.59 Å². The highest BCUT2D eigenvalue weighted by Gasteiger charge is 2.32. The first-order valence-electron chi connectivity index (χ1n) is 6.67. The Labute approximate surface area is 125 Å². The minimum Gasteiger partial charge on any atom is -0.355 e. The van der Waals surface area contributed by atoms with Crippen molar-refractivity contribution in [2.45, 2.75) is 49.9 Å². The van der Waals surface area contributed by atoms with Crippen molar-refractivity contribution in [1.29, 1.82) is 0 Å². The van der Waals surface area contributed by atoms with Crippen molar-refractivity contribution in [2.75, 3.05) is 12.3 Å². The van der Waals surface area contributed by atoms with E-state index in [0.717, 1.165) is 19.3 Å². The molecule has 0 spiro atoms. The van der Waals surface area contributed by atoms with E-state index in [0.29, 0.717) is 18.7 Å². The maximum Gasteiger partial charge on any atom is 0.315 e. The molecule has 0 saturated carbocycles. The summed E-state index contributed by atoms with van der Waals surface area (Å²) >= 11 is 8.57. The van der Waals surface area contributed by atoms with Crippen molar-refractivity contribution in [3.05, 3.63) is 0 Å². The van der Waals surface area contributed by atoms with Gasteiger partial charge in [0.15, 0.2) is 0 Å². The summed E-state index contributed by atoms with van der Waals surface area (Å²) in [6.45, 7) is 2.59. The molecule has 3 N–H and O–H groups in total. The first-order chi connectivity index (χ1) is 9.04. The van der Waals surface area contributed by atoms with Crippen LogP contribution < -0.4 is 16.0 Å². The van der Waals surface area contributed by atoms with Gasteiger partial charge in [0.1, 0.15) is 0 Å². The standard InChI is InChI=1S/C12H23N3O2S2/c1-8-11(15-12(17)14-8)9(19)4-2-3-5-10(16)13-6-7-18/h8-9,11,18-19H,2-7H2,1H3,(H,13,16)(H2,14,15,17)/t8?,9-,11?/m0/s1. The van der Waals surface area contributed by atoms with Gasteiger partial charge >= 0.3 is 6.03 Å². The van der Waals surface area contributed by atoms with Gasteiger partial charge in [0, 0.05) is 30.0 Å². The Morgan fingerprint density at radius 3 is 2.74 bits per heavy atom. The summed E-state index contributed by atoms with van der Waals surface area (Å²) in [6, 6.07) is 0.0465. The molecule has 0 aliphatic carbocycles. The average Bonchev–Trinajstić information content (AvgIpc) is 2.71. The molecule has 7 heteroatoms. The molecule has 1 aliphatic heterocycles. The van der Waals surface area contributed by atoms with E-state index in [2.05, 4.69) is 41.2 Å². The normalized spacial score (nSPS) is 23.6. The van der Waals surface area contributed by atoms with Gasteiger partial charge in [0.2, 0.25) is 5.91 Å². The SMILES string of the molecule is CC1NC(=O)NC1[C@@H](S)CCCCC(=O)NCCS. The molecule has 3 amide bonds. The third-order valence-electron chi connectivity index (χ3n) is 3.20. The Morgan fingerprint density at radius 2 is 2.16 bits per heavy atom. The quantitative estimate of drug-likeness (QED) is 0.342. The highest BCUT2D eigenvalue weighted by atomic mass is 32.1. The lowest BCUT2D eigenvalue weighted by Gasteiger charge is -2.21. The molecule has 1 aliphatic rings. The summed E-state index contributed by atoms with van der Waals surface area (Å²) in [4.78, 5) is 22.5. The summed E-state index contributed by atoms with van der Waals surface area (Å²) in [5.74, 6) is 0.741. The zero-order chi connectivity index (χ0) is 14.3. The zero-order valence-corrected chi connectivity index (χ0v) is 13.0. The van der Waals surface area contributed by atoms with Gasteiger partial charge in [-0.2, -0.15) is 25.3 Å². The van der Waals surface area contributed by atoms with Crippen LogP contribution in [0.4, 0.5) is 4.79 Å². The number of carbonyl (C=O) groups is 2. The van der Waals surface area contributed by atoms with Gasteiger partial charge < -0.3 is 16.0 Å². The monoisotopic (exact) mass is 305 g/mol. The third-order valence-corrected chi connectivity index (χ3v) is 4.00. The number of amides is 3. The van der Waals surface area contributed by atoms with E-state index in [-0.39, 0.29) is 29.3 Å². The summed E-state index contributed by atoms with van der Waals surface area (Å²) in [7, 11) is 0. The van der Waals surface area contributed by atoms with Gasteiger partial charge in [-0.1, -0.05) is 6.42 Å². The Balaban J connectivity index is 2.12. The highest BCUT2D eigenvalue weighted by molar-refractivity contribution is 7.81. The number of hydrogen-bond acceptors (Lipinski definition) is 4. The van der Waals surface area contributed by atoms with Crippen molar-refractivity contribution in [3.8, 4) is 0 Å². The molecule has 1 fully saturated rings. The van der Waals surface area contributed by atoms with Gasteiger partial charge in [0.05, 0.1) is 6.04 Å². The predicted octanol–water partition coefficient (Wildman–Crippen LogP) is 0.961. The molecule has 1 saturated heterocycles. The minimum absolute atomic E-state index is 0.0637. The lowest BCUT2D eigenvalue weighted by Crippen LogP contribution is -2.39. The summed E-state index contributed by atoms with van der Waals surface area (Å²) in [6.07, 6.45) is 3.21. The van der Waals surface area contributed by atoms with Crippen LogP contribution in [0.25, 0.3) is 0 Å². The molecule has 19 heavy (non-hydrogen) atoms. The van der Waals surface area contributed by atoms with Crippen LogP contribution in [0.15, 0.2) is 0 Å². The largest absolute Gasteiger partial charge is 0.355 e. The molecular formula is C12H23N3O2S2. The van der Waals surface area contributed by atoms with E-state index in [1.165, 1.54) is 0 Å². The number of hydrogen-bond donors (Lipinski definition) is 5. The zero-order valence-electron chi connectivity index (χ0n) is 11.2. The van der Waals surface area contributed by atoms with Crippen LogP contribution in [0.3, 0.4) is 0 Å². The second-order valence-electron chi connectivity index (χ2n) is 4.82. The summed E-state index contributed by atoms with van der Waals surface area (Å²) in [5, 5.41) is 8.58. The number of carbonyl (C=O) groups excluding carboxylic acids is 2. The lowest BCUT2D eigenvalue weighted by molar-refractivity contribution is -0.121. The molecular weight excluding hydrogens is 282 g/mol. The Hall–Kier alpha value is -0.560. The van der Waals surface area contributed by atoms with Crippen LogP contribution in [0.1, 0.15) is 32.6 Å². The van der Waals surface area contributed by atoms with E-state index < -0.39 is 0 Å². The second kappa shape index (κ2) is 8.58. The Bertz CT molecular complexity index is 315. The van der Waals surface area contributed by atoms with Crippen molar-refractivity contribution in [3.63, 3.8) is 0 Å². The fourth-order valence-electron chi connectivity index (χ4n) is 2.15. The Morgan fingerprint density at radius 1 is 1.42 bits per heavy atom. The van der Waals surface area contributed by atoms with Crippen LogP contribution in [0, 0.1) is 0 Å². The van der Waals surface area contributed by atoms with Crippen molar-refractivity contribution >= 4 is 37.2 Å². The minimum atomic E-state index is -0.123. The van der Waals surface area contributed by atoms with Crippen LogP contribution >= 0.6 is 25.3 Å². The van der Waals surface area contributed by atoms with Gasteiger partial charge in [-0.3, -0.25) is 4.79 Å². The van der Waals surface area contributed by atoms with Crippen molar-refractivity contribution in [1.82, 2.24) is 16.0 Å². The molecule has 0 aromatic carbocycles. The fraction of sp³-hybridized carbons (Fsp3) is 0.833. The molecule has 0 radical (unpaired) electrons. The van der Waals surface area contributed by atoms with Gasteiger partial charge in [-0.25, -0.2) is 4.79 Å². The van der Waals surface area contributed by atoms with Gasteiger partial charge in [0.25, 0.3) is 0 Å². The highest BCUT2D eigenvalue weighted by Crippen LogP contribution is 2.17. The molecule has 0 aromatic rings. The molecule has 1 heterocycles. The molecule has 0 bridgehead atoms. The molecule has 1 rings (SSSR count). The van der Waals surface area contributed by atoms with Crippen LogP contribution in [-0.2, 0) is 4.79 Å². The van der Waals surface area contributed by atoms with Crippen LogP contribution in [0.2, 0.25) is 0 Å². The molecule has 0 aromatic heterocycles. The molecule has 2 unspecified atom stereocenters. The first kappa shape index (κ1) is 16.5. The van der Waals surface area contributed by atoms with Crippen LogP contribution in [0.5, 0.6) is 0 Å². The topological polar surface area (TPSA) is 70.2 Å². The number of urea groups is 1. The predicted molar refractivity (Wildman–Crippen MR) is 83.0 cm³/mol. The second-order valence-corrected chi connectivity index (χ2v) is 5.93. The maximum atomic E-state index is 11.4. The smallest absolute Gasteiger partial charge is 0.315 e. The van der Waals surface area contributed by atoms with E-state index in [4.69, 9.17) is 0 Å². The Kier molecular flexibility index (Phi) is 7.45. The van der Waals surface area contributed by atoms with E-state index >= 15 is 0 Å². The average molecular weight is 305 g/mol. The molecule has 110 valence electrons. The number of thiol groups is 2. The number of unbranched alkanes of at least 4 members (excludes halogenated alkanes) is 1. The molecule has 5 nitrogen and oxygen atoms in total. The van der Waals surface area contributed by atoms with Gasteiger partial charge in [-0.15, -0.1) is 0 Å². The maximum absolute atomic E-state index is 11.4.